The van der Waals surface area contributed by atoms with Gasteiger partial charge in [0, 0.05) is 6.42 Å². The Balaban J connectivity index is 1.22. The van der Waals surface area contributed by atoms with E-state index in [-0.39, 0.29) is 12.1 Å². The minimum Gasteiger partial charge on any atom is -0.462 e. The van der Waals surface area contributed by atoms with Crippen LogP contribution in [0.25, 0.3) is 0 Å². The summed E-state index contributed by atoms with van der Waals surface area (Å²) < 4.78 is 6.02. The van der Waals surface area contributed by atoms with Gasteiger partial charge in [-0.2, -0.15) is 0 Å². The van der Waals surface area contributed by atoms with Crippen molar-refractivity contribution < 1.29 is 9.53 Å². The van der Waals surface area contributed by atoms with E-state index in [1.807, 2.05) is 30.3 Å². The van der Waals surface area contributed by atoms with Gasteiger partial charge in [0.25, 0.3) is 0 Å². The Hall–Kier alpha value is -1.57. The Labute approximate surface area is 227 Å². The Bertz CT molecular complexity index is 963. The number of carbonyl (C=O) groups is 1. The van der Waals surface area contributed by atoms with Gasteiger partial charge in [-0.1, -0.05) is 95.9 Å². The molecule has 0 spiro atoms. The number of fused-ring (bicyclic) bond motifs is 5. The van der Waals surface area contributed by atoms with E-state index in [4.69, 9.17) is 4.74 Å². The Kier molecular flexibility index (Phi) is 7.95. The van der Waals surface area contributed by atoms with Gasteiger partial charge in [0.1, 0.15) is 6.10 Å². The molecule has 0 bridgehead atoms. The molecule has 0 amide bonds. The lowest BCUT2D eigenvalue weighted by Gasteiger charge is -2.58. The second kappa shape index (κ2) is 10.9. The Morgan fingerprint density at radius 2 is 1.76 bits per heavy atom. The highest BCUT2D eigenvalue weighted by Crippen LogP contribution is 2.67. The number of carbonyl (C=O) groups excluding carboxylic acids is 1. The second-order valence-electron chi connectivity index (χ2n) is 14.3. The first kappa shape index (κ1) is 27.0. The van der Waals surface area contributed by atoms with Crippen molar-refractivity contribution in [2.24, 2.45) is 46.3 Å². The molecular weight excluding hydrogens is 452 g/mol. The van der Waals surface area contributed by atoms with Crippen LogP contribution in [0.3, 0.4) is 0 Å². The van der Waals surface area contributed by atoms with Crippen LogP contribution in [0.5, 0.6) is 0 Å². The van der Waals surface area contributed by atoms with Crippen molar-refractivity contribution in [1.29, 1.82) is 0 Å². The van der Waals surface area contributed by atoms with Crippen LogP contribution in [-0.4, -0.2) is 12.1 Å². The number of ether oxygens (including phenoxy) is 1. The van der Waals surface area contributed by atoms with Gasteiger partial charge in [-0.3, -0.25) is 4.79 Å². The maximum Gasteiger partial charge on any atom is 0.310 e. The van der Waals surface area contributed by atoms with Crippen LogP contribution in [0, 0.1) is 46.3 Å². The normalized spacial score (nSPS) is 37.8. The van der Waals surface area contributed by atoms with Gasteiger partial charge < -0.3 is 4.74 Å². The first-order valence-electron chi connectivity index (χ1n) is 15.6. The molecule has 0 N–H and O–H groups in total. The van der Waals surface area contributed by atoms with Crippen molar-refractivity contribution in [1.82, 2.24) is 0 Å². The predicted octanol–water partition coefficient (Wildman–Crippen LogP) is 9.18. The molecule has 37 heavy (non-hydrogen) atoms. The third-order valence-electron chi connectivity index (χ3n) is 11.7. The molecule has 2 nitrogen and oxygen atoms in total. The van der Waals surface area contributed by atoms with Crippen LogP contribution < -0.4 is 0 Å². The maximum absolute atomic E-state index is 12.7. The zero-order valence-corrected chi connectivity index (χ0v) is 24.3. The zero-order chi connectivity index (χ0) is 26.2. The van der Waals surface area contributed by atoms with E-state index < -0.39 is 0 Å². The Morgan fingerprint density at radius 1 is 0.973 bits per heavy atom. The van der Waals surface area contributed by atoms with E-state index >= 15 is 0 Å². The first-order chi connectivity index (χ1) is 17.7. The van der Waals surface area contributed by atoms with Crippen molar-refractivity contribution in [3.05, 3.63) is 47.5 Å². The maximum atomic E-state index is 12.7. The molecule has 2 heteroatoms. The van der Waals surface area contributed by atoms with Crippen LogP contribution in [0.1, 0.15) is 111 Å². The molecule has 0 aliphatic heterocycles. The summed E-state index contributed by atoms with van der Waals surface area (Å²) in [4.78, 5) is 12.7. The molecule has 0 radical (unpaired) electrons. The van der Waals surface area contributed by atoms with E-state index in [9.17, 15) is 4.79 Å². The minimum atomic E-state index is -0.0676. The Morgan fingerprint density at radius 3 is 2.51 bits per heavy atom. The molecular formula is C35H52O2. The average Bonchev–Trinajstić information content (AvgIpc) is 3.22. The predicted molar refractivity (Wildman–Crippen MR) is 153 cm³/mol. The van der Waals surface area contributed by atoms with Crippen LogP contribution >= 0.6 is 0 Å². The molecule has 4 aliphatic rings. The topological polar surface area (TPSA) is 26.3 Å². The summed E-state index contributed by atoms with van der Waals surface area (Å²) in [6, 6.07) is 10.0. The van der Waals surface area contributed by atoms with Gasteiger partial charge in [-0.15, -0.1) is 0 Å². The second-order valence-corrected chi connectivity index (χ2v) is 14.3. The van der Waals surface area contributed by atoms with E-state index in [1.165, 1.54) is 57.8 Å². The van der Waals surface area contributed by atoms with Crippen molar-refractivity contribution in [3.63, 3.8) is 0 Å². The first-order valence-corrected chi connectivity index (χ1v) is 15.6. The van der Waals surface area contributed by atoms with E-state index in [0.29, 0.717) is 17.3 Å². The molecule has 3 saturated carbocycles. The number of esters is 1. The van der Waals surface area contributed by atoms with Crippen LogP contribution in [-0.2, 0) is 16.0 Å². The smallest absolute Gasteiger partial charge is 0.310 e. The summed E-state index contributed by atoms with van der Waals surface area (Å²) in [5, 5.41) is 0. The standard InChI is InChI=1S/C35H52O2/c1-24(2)10-9-11-25(3)30-16-17-31-29-15-14-27-23-28(37-33(36)22-26-12-7-6-8-13-26)18-20-34(27,4)32(29)19-21-35(30,31)5/h6-8,12-14,24-25,28-32H,9-11,15-23H2,1-5H3/t25-,28-,29+,30-,31+,32+,34-,35+/m0/s1. The van der Waals surface area contributed by atoms with E-state index in [2.05, 4.69) is 40.7 Å². The van der Waals surface area contributed by atoms with Crippen molar-refractivity contribution in [3.8, 4) is 0 Å². The quantitative estimate of drug-likeness (QED) is 0.260. The summed E-state index contributed by atoms with van der Waals surface area (Å²) in [5.74, 6) is 5.14. The molecule has 1 aromatic rings. The average molecular weight is 505 g/mol. The molecule has 3 fully saturated rings. The third-order valence-corrected chi connectivity index (χ3v) is 11.7. The fourth-order valence-electron chi connectivity index (χ4n) is 9.74. The summed E-state index contributed by atoms with van der Waals surface area (Å²) in [7, 11) is 0. The highest BCUT2D eigenvalue weighted by Gasteiger charge is 2.59. The fourth-order valence-corrected chi connectivity index (χ4v) is 9.74. The largest absolute Gasteiger partial charge is 0.462 e. The molecule has 0 saturated heterocycles. The lowest BCUT2D eigenvalue weighted by atomic mass is 9.47. The number of hydrogen-bond acceptors (Lipinski definition) is 2. The zero-order valence-electron chi connectivity index (χ0n) is 24.3. The minimum absolute atomic E-state index is 0.0588. The molecule has 8 atom stereocenters. The lowest BCUT2D eigenvalue weighted by molar-refractivity contribution is -0.150. The van der Waals surface area contributed by atoms with Gasteiger partial charge in [0.15, 0.2) is 0 Å². The van der Waals surface area contributed by atoms with Crippen LogP contribution in [0.15, 0.2) is 42.0 Å². The van der Waals surface area contributed by atoms with E-state index in [0.717, 1.165) is 53.9 Å². The summed E-state index contributed by atoms with van der Waals surface area (Å²) in [6.07, 6.45) is 17.4. The highest BCUT2D eigenvalue weighted by atomic mass is 16.5. The van der Waals surface area contributed by atoms with Gasteiger partial charge in [-0.05, 0) is 96.8 Å². The molecule has 4 aliphatic carbocycles. The van der Waals surface area contributed by atoms with Crippen molar-refractivity contribution >= 4 is 5.97 Å². The number of hydrogen-bond donors (Lipinski definition) is 0. The molecule has 0 unspecified atom stereocenters. The summed E-state index contributed by atoms with van der Waals surface area (Å²) in [5.41, 5.74) is 3.51. The highest BCUT2D eigenvalue weighted by molar-refractivity contribution is 5.72. The molecule has 204 valence electrons. The summed E-state index contributed by atoms with van der Waals surface area (Å²) >= 11 is 0. The van der Waals surface area contributed by atoms with Crippen LogP contribution in [0.2, 0.25) is 0 Å². The van der Waals surface area contributed by atoms with Gasteiger partial charge in [0.05, 0.1) is 6.42 Å². The van der Waals surface area contributed by atoms with E-state index in [1.54, 1.807) is 5.57 Å². The molecule has 5 rings (SSSR count). The van der Waals surface area contributed by atoms with Crippen molar-refractivity contribution in [2.45, 2.75) is 118 Å². The number of benzene rings is 1. The monoisotopic (exact) mass is 504 g/mol. The fraction of sp³-hybridized carbons (Fsp3) is 0.743. The van der Waals surface area contributed by atoms with Gasteiger partial charge in [0.2, 0.25) is 0 Å². The SMILES string of the molecule is CC(C)CCC[C@H](C)[C@@H]1CC[C@@H]2[C@H]3CC=C4C[C@@H](OC(=O)Cc5ccccc5)CC[C@]4(C)[C@@H]3CC[C@@]21C. The molecule has 1 aromatic carbocycles. The third kappa shape index (κ3) is 5.33. The number of allylic oxidation sites excluding steroid dienone is 1. The van der Waals surface area contributed by atoms with Gasteiger partial charge in [-0.25, -0.2) is 0 Å². The number of rotatable bonds is 8. The molecule has 0 heterocycles. The van der Waals surface area contributed by atoms with Crippen molar-refractivity contribution in [2.75, 3.05) is 0 Å². The summed E-state index contributed by atoms with van der Waals surface area (Å²) in [6.45, 7) is 12.6. The molecule has 0 aromatic heterocycles. The van der Waals surface area contributed by atoms with Crippen LogP contribution in [0.4, 0.5) is 0 Å². The van der Waals surface area contributed by atoms with Gasteiger partial charge >= 0.3 is 5.97 Å². The lowest BCUT2D eigenvalue weighted by Crippen LogP contribution is -2.51.